The first kappa shape index (κ1) is 22.2. The van der Waals surface area contributed by atoms with Gasteiger partial charge in [-0.15, -0.1) is 0 Å². The Hall–Kier alpha value is -4.31. The van der Waals surface area contributed by atoms with Crippen LogP contribution in [-0.2, 0) is 6.54 Å². The number of hydrogen-bond acceptors (Lipinski definition) is 9. The molecule has 4 heterocycles. The second kappa shape index (κ2) is 8.72. The highest BCUT2D eigenvalue weighted by atomic mass is 32.1. The fourth-order valence-electron chi connectivity index (χ4n) is 4.54. The van der Waals surface area contributed by atoms with E-state index < -0.39 is 0 Å². The maximum atomic E-state index is 14.1. The lowest BCUT2D eigenvalue weighted by Crippen LogP contribution is -2.27. The molecule has 0 radical (unpaired) electrons. The van der Waals surface area contributed by atoms with Gasteiger partial charge in [-0.25, -0.2) is 19.3 Å². The van der Waals surface area contributed by atoms with Gasteiger partial charge in [0, 0.05) is 29.4 Å². The van der Waals surface area contributed by atoms with E-state index in [4.69, 9.17) is 16.2 Å². The van der Waals surface area contributed by atoms with Crippen LogP contribution in [0.2, 0.25) is 0 Å². The number of fused-ring (bicyclic) bond motifs is 2. The summed E-state index contributed by atoms with van der Waals surface area (Å²) in [6.07, 6.45) is 1.83. The number of rotatable bonds is 3. The van der Waals surface area contributed by atoms with Gasteiger partial charge in [0.25, 0.3) is 0 Å². The van der Waals surface area contributed by atoms with E-state index in [1.165, 1.54) is 23.5 Å². The molecule has 0 bridgehead atoms. The lowest BCUT2D eigenvalue weighted by Gasteiger charge is -2.25. The van der Waals surface area contributed by atoms with Crippen LogP contribution < -0.4 is 21.1 Å². The van der Waals surface area contributed by atoms with Crippen LogP contribution in [0.1, 0.15) is 11.3 Å². The van der Waals surface area contributed by atoms with Gasteiger partial charge in [-0.1, -0.05) is 29.5 Å². The van der Waals surface area contributed by atoms with Crippen molar-refractivity contribution in [2.24, 2.45) is 0 Å². The van der Waals surface area contributed by atoms with Crippen LogP contribution in [0.25, 0.3) is 32.6 Å². The van der Waals surface area contributed by atoms with Crippen molar-refractivity contribution in [2.75, 3.05) is 29.5 Å². The summed E-state index contributed by atoms with van der Waals surface area (Å²) in [5.41, 5.74) is 17.7. The molecular formula is C26H22FN7OS. The number of nitrogens with two attached hydrogens (primary N) is 2. The molecule has 0 saturated heterocycles. The first-order valence-corrected chi connectivity index (χ1v) is 12.2. The Kier molecular flexibility index (Phi) is 5.37. The monoisotopic (exact) mass is 499 g/mol. The van der Waals surface area contributed by atoms with Gasteiger partial charge in [-0.3, -0.25) is 0 Å². The number of ether oxygens (including phenoxy) is 1. The van der Waals surface area contributed by atoms with Crippen molar-refractivity contribution >= 4 is 38.6 Å². The smallest absolute Gasteiger partial charge is 0.222 e. The van der Waals surface area contributed by atoms with Gasteiger partial charge in [-0.05, 0) is 48.4 Å². The van der Waals surface area contributed by atoms with E-state index in [0.29, 0.717) is 41.9 Å². The summed E-state index contributed by atoms with van der Waals surface area (Å²) in [6.45, 7) is 3.43. The van der Waals surface area contributed by atoms with Crippen molar-refractivity contribution in [1.29, 1.82) is 0 Å². The molecule has 2 aromatic carbocycles. The Balaban J connectivity index is 1.41. The molecular weight excluding hydrogens is 477 g/mol. The lowest BCUT2D eigenvalue weighted by molar-refractivity contribution is 0.331. The van der Waals surface area contributed by atoms with Crippen molar-refractivity contribution in [3.05, 3.63) is 71.8 Å². The van der Waals surface area contributed by atoms with Gasteiger partial charge in [0.05, 0.1) is 12.2 Å². The van der Waals surface area contributed by atoms with Crippen LogP contribution in [0.5, 0.6) is 5.75 Å². The molecule has 5 aromatic rings. The van der Waals surface area contributed by atoms with Gasteiger partial charge in [-0.2, -0.15) is 4.98 Å². The van der Waals surface area contributed by atoms with Crippen LogP contribution >= 0.6 is 11.3 Å². The summed E-state index contributed by atoms with van der Waals surface area (Å²) in [5, 5.41) is 0.495. The molecule has 6 rings (SSSR count). The van der Waals surface area contributed by atoms with E-state index in [1.807, 2.05) is 37.4 Å². The number of benzene rings is 2. The largest absolute Gasteiger partial charge is 0.491 e. The van der Waals surface area contributed by atoms with E-state index in [9.17, 15) is 4.39 Å². The van der Waals surface area contributed by atoms with E-state index in [-0.39, 0.29) is 11.8 Å². The molecule has 8 nitrogen and oxygen atoms in total. The Morgan fingerprint density at radius 3 is 2.75 bits per heavy atom. The zero-order valence-corrected chi connectivity index (χ0v) is 20.2. The van der Waals surface area contributed by atoms with Crippen LogP contribution in [0, 0.1) is 12.7 Å². The molecule has 3 aromatic heterocycles. The van der Waals surface area contributed by atoms with E-state index >= 15 is 0 Å². The molecule has 0 fully saturated rings. The molecule has 0 atom stereocenters. The van der Waals surface area contributed by atoms with Crippen molar-refractivity contribution < 1.29 is 9.13 Å². The predicted octanol–water partition coefficient (Wildman–Crippen LogP) is 4.83. The topological polar surface area (TPSA) is 116 Å². The Morgan fingerprint density at radius 2 is 1.89 bits per heavy atom. The first-order valence-electron chi connectivity index (χ1n) is 11.4. The van der Waals surface area contributed by atoms with Crippen LogP contribution in [0.4, 0.5) is 21.3 Å². The molecule has 1 aliphatic heterocycles. The number of nitrogens with zero attached hydrogens (tertiary/aromatic N) is 5. The first-order chi connectivity index (χ1) is 17.4. The van der Waals surface area contributed by atoms with Crippen molar-refractivity contribution in [3.63, 3.8) is 0 Å². The van der Waals surface area contributed by atoms with E-state index in [1.54, 1.807) is 6.07 Å². The molecule has 180 valence electrons. The standard InChI is InChI=1S/C26H22FN7OS/c1-14-22(16-3-2-4-19(27)10-16)23(33-25(28)31-14)34-7-8-35-21-6-5-15(9-18(21)13-34)17-11-20-24(30-12-17)36-26(29)32-20/h2-6,9-12H,7-8,13H2,1H3,(H2,29,32)(H2,28,31,33). The molecule has 0 unspecified atom stereocenters. The summed E-state index contributed by atoms with van der Waals surface area (Å²) >= 11 is 1.37. The zero-order chi connectivity index (χ0) is 24.8. The normalized spacial score (nSPS) is 13.3. The number of anilines is 3. The number of aromatic nitrogens is 4. The fourth-order valence-corrected chi connectivity index (χ4v) is 5.20. The van der Waals surface area contributed by atoms with Gasteiger partial charge in [0.1, 0.15) is 34.3 Å². The molecule has 0 aliphatic carbocycles. The Bertz CT molecular complexity index is 1620. The Morgan fingerprint density at radius 1 is 1.00 bits per heavy atom. The fraction of sp³-hybridized carbons (Fsp3) is 0.154. The van der Waals surface area contributed by atoms with E-state index in [0.717, 1.165) is 38.4 Å². The quantitative estimate of drug-likeness (QED) is 0.363. The number of pyridine rings is 1. The molecule has 36 heavy (non-hydrogen) atoms. The SMILES string of the molecule is Cc1nc(N)nc(N2CCOc3ccc(-c4cnc5sc(N)nc5c4)cc3C2)c1-c1cccc(F)c1. The van der Waals surface area contributed by atoms with Crippen molar-refractivity contribution in [1.82, 2.24) is 19.9 Å². The third-order valence-electron chi connectivity index (χ3n) is 6.14. The Labute approximate surface area is 210 Å². The average Bonchev–Trinajstić information content (AvgIpc) is 3.09. The third kappa shape index (κ3) is 4.05. The summed E-state index contributed by atoms with van der Waals surface area (Å²) in [6, 6.07) is 14.5. The van der Waals surface area contributed by atoms with Gasteiger partial charge < -0.3 is 21.1 Å². The maximum Gasteiger partial charge on any atom is 0.222 e. The second-order valence-corrected chi connectivity index (χ2v) is 9.58. The minimum absolute atomic E-state index is 0.170. The highest BCUT2D eigenvalue weighted by Crippen LogP contribution is 2.36. The van der Waals surface area contributed by atoms with Gasteiger partial charge in [0.15, 0.2) is 5.13 Å². The number of hydrogen-bond donors (Lipinski definition) is 2. The third-order valence-corrected chi connectivity index (χ3v) is 6.95. The molecule has 0 saturated carbocycles. The number of halogens is 1. The van der Waals surface area contributed by atoms with Crippen LogP contribution in [0.3, 0.4) is 0 Å². The molecule has 0 amide bonds. The predicted molar refractivity (Wildman–Crippen MR) is 140 cm³/mol. The van der Waals surface area contributed by atoms with Crippen LogP contribution in [-0.4, -0.2) is 33.1 Å². The molecule has 10 heteroatoms. The molecule has 4 N–H and O–H groups in total. The number of thiazole rings is 1. The van der Waals surface area contributed by atoms with Gasteiger partial charge in [0.2, 0.25) is 5.95 Å². The summed E-state index contributed by atoms with van der Waals surface area (Å²) in [7, 11) is 0. The summed E-state index contributed by atoms with van der Waals surface area (Å²) in [5.74, 6) is 1.30. The highest BCUT2D eigenvalue weighted by Gasteiger charge is 2.23. The second-order valence-electron chi connectivity index (χ2n) is 8.57. The van der Waals surface area contributed by atoms with E-state index in [2.05, 4.69) is 30.9 Å². The molecule has 0 spiro atoms. The summed E-state index contributed by atoms with van der Waals surface area (Å²) in [4.78, 5) is 20.7. The van der Waals surface area contributed by atoms with Crippen molar-refractivity contribution in [3.8, 4) is 28.0 Å². The highest BCUT2D eigenvalue weighted by molar-refractivity contribution is 7.21. The van der Waals surface area contributed by atoms with Crippen molar-refractivity contribution in [2.45, 2.75) is 13.5 Å². The van der Waals surface area contributed by atoms with Crippen LogP contribution in [0.15, 0.2) is 54.7 Å². The number of aryl methyl sites for hydroxylation is 1. The minimum atomic E-state index is -0.323. The minimum Gasteiger partial charge on any atom is -0.491 e. The zero-order valence-electron chi connectivity index (χ0n) is 19.4. The maximum absolute atomic E-state index is 14.1. The summed E-state index contributed by atoms with van der Waals surface area (Å²) < 4.78 is 20.2. The molecule has 1 aliphatic rings. The van der Waals surface area contributed by atoms with Gasteiger partial charge >= 0.3 is 0 Å². The average molecular weight is 500 g/mol. The lowest BCUT2D eigenvalue weighted by atomic mass is 10.0. The number of nitrogen functional groups attached to an aromatic ring is 2.